The van der Waals surface area contributed by atoms with Crippen LogP contribution in [0.3, 0.4) is 0 Å². The Balaban J connectivity index is 1.31. The van der Waals surface area contributed by atoms with Crippen LogP contribution in [0.2, 0.25) is 0 Å². The van der Waals surface area contributed by atoms with Gasteiger partial charge in [-0.05, 0) is 97.2 Å². The Morgan fingerprint density at radius 3 is 2.60 bits per heavy atom. The van der Waals surface area contributed by atoms with Crippen LogP contribution in [-0.4, -0.2) is 41.2 Å². The fourth-order valence-corrected chi connectivity index (χ4v) is 7.32. The molecule has 3 atom stereocenters. The highest BCUT2D eigenvalue weighted by atomic mass is 19.1. The molecule has 0 aliphatic carbocycles. The molecule has 0 amide bonds. The van der Waals surface area contributed by atoms with Crippen LogP contribution < -0.4 is 10.6 Å². The number of aliphatic imine (C=N–C) groups is 1. The minimum absolute atomic E-state index is 0.0996. The SMILES string of the molecule is CC1CC=C(CC2Cc3c([nH]c4cc(F)ccc34)C(c3ccn(C)c3)(C3CCOCC3)N2)NC(c2ccc(F)cc2)=NC1. The molecule has 0 saturated carbocycles. The third-order valence-corrected chi connectivity index (χ3v) is 9.46. The van der Waals surface area contributed by atoms with Crippen LogP contribution in [0.15, 0.2) is 77.7 Å². The van der Waals surface area contributed by atoms with Gasteiger partial charge in [-0.3, -0.25) is 10.3 Å². The number of aryl methyl sites for hydroxylation is 1. The van der Waals surface area contributed by atoms with Crippen LogP contribution >= 0.6 is 0 Å². The highest BCUT2D eigenvalue weighted by molar-refractivity contribution is 5.99. The van der Waals surface area contributed by atoms with Crippen molar-refractivity contribution >= 4 is 16.7 Å². The van der Waals surface area contributed by atoms with Crippen molar-refractivity contribution in [1.82, 2.24) is 20.2 Å². The van der Waals surface area contributed by atoms with Crippen LogP contribution in [0, 0.1) is 23.5 Å². The Kier molecular flexibility index (Phi) is 7.43. The van der Waals surface area contributed by atoms with Crippen molar-refractivity contribution < 1.29 is 13.5 Å². The van der Waals surface area contributed by atoms with Gasteiger partial charge in [0, 0.05) is 79.5 Å². The molecule has 8 heteroatoms. The summed E-state index contributed by atoms with van der Waals surface area (Å²) in [5.74, 6) is 0.963. The zero-order chi connectivity index (χ0) is 29.6. The van der Waals surface area contributed by atoms with Gasteiger partial charge in [-0.2, -0.15) is 0 Å². The van der Waals surface area contributed by atoms with Crippen LogP contribution in [0.4, 0.5) is 8.78 Å². The molecule has 3 aliphatic rings. The lowest BCUT2D eigenvalue weighted by molar-refractivity contribution is 0.0306. The van der Waals surface area contributed by atoms with E-state index in [1.807, 2.05) is 6.07 Å². The van der Waals surface area contributed by atoms with Gasteiger partial charge in [0.2, 0.25) is 0 Å². The Labute approximate surface area is 251 Å². The van der Waals surface area contributed by atoms with Crippen molar-refractivity contribution in [2.24, 2.45) is 23.9 Å². The van der Waals surface area contributed by atoms with Gasteiger partial charge in [-0.1, -0.05) is 13.0 Å². The smallest absolute Gasteiger partial charge is 0.132 e. The average Bonchev–Trinajstić information content (AvgIpc) is 3.61. The number of rotatable bonds is 5. The number of nitrogens with zero attached hydrogens (tertiary/aromatic N) is 2. The summed E-state index contributed by atoms with van der Waals surface area (Å²) >= 11 is 0. The van der Waals surface area contributed by atoms with Gasteiger partial charge >= 0.3 is 0 Å². The lowest BCUT2D eigenvalue weighted by Crippen LogP contribution is -2.58. The minimum atomic E-state index is -0.484. The molecule has 3 unspecified atom stereocenters. The molecule has 224 valence electrons. The summed E-state index contributed by atoms with van der Waals surface area (Å²) < 4.78 is 36.1. The second-order valence-electron chi connectivity index (χ2n) is 12.6. The van der Waals surface area contributed by atoms with E-state index in [1.165, 1.54) is 23.3 Å². The Bertz CT molecular complexity index is 1680. The third-order valence-electron chi connectivity index (χ3n) is 9.46. The highest BCUT2D eigenvalue weighted by Gasteiger charge is 2.49. The molecule has 2 aromatic carbocycles. The molecule has 7 rings (SSSR count). The van der Waals surface area contributed by atoms with Crippen LogP contribution in [-0.2, 0) is 23.7 Å². The van der Waals surface area contributed by atoms with Crippen molar-refractivity contribution in [2.75, 3.05) is 19.8 Å². The normalized spacial score (nSPS) is 24.9. The number of fused-ring (bicyclic) bond motifs is 3. The molecular formula is C35H39F2N5O. The highest BCUT2D eigenvalue weighted by Crippen LogP contribution is 2.48. The Hall–Kier alpha value is -3.75. The van der Waals surface area contributed by atoms with E-state index in [0.717, 1.165) is 79.0 Å². The monoisotopic (exact) mass is 583 g/mol. The molecule has 3 N–H and O–H groups in total. The van der Waals surface area contributed by atoms with E-state index in [4.69, 9.17) is 9.73 Å². The molecule has 0 radical (unpaired) electrons. The van der Waals surface area contributed by atoms with E-state index in [1.54, 1.807) is 24.3 Å². The summed E-state index contributed by atoms with van der Waals surface area (Å²) in [5, 5.41) is 8.91. The van der Waals surface area contributed by atoms with Gasteiger partial charge in [0.25, 0.3) is 0 Å². The predicted octanol–water partition coefficient (Wildman–Crippen LogP) is 6.32. The fourth-order valence-electron chi connectivity index (χ4n) is 7.32. The van der Waals surface area contributed by atoms with Gasteiger partial charge in [0.05, 0.1) is 5.54 Å². The molecule has 1 fully saturated rings. The summed E-state index contributed by atoms with van der Waals surface area (Å²) in [7, 11) is 2.06. The molecule has 0 spiro atoms. The molecule has 2 aromatic heterocycles. The summed E-state index contributed by atoms with van der Waals surface area (Å²) in [5.41, 5.74) is 5.94. The van der Waals surface area contributed by atoms with Gasteiger partial charge < -0.3 is 19.6 Å². The number of hydrogen-bond donors (Lipinski definition) is 3. The number of allylic oxidation sites excluding steroid dienone is 1. The van der Waals surface area contributed by atoms with Gasteiger partial charge in [-0.15, -0.1) is 0 Å². The molecule has 6 nitrogen and oxygen atoms in total. The van der Waals surface area contributed by atoms with Crippen molar-refractivity contribution in [3.8, 4) is 0 Å². The van der Waals surface area contributed by atoms with E-state index < -0.39 is 5.54 Å². The van der Waals surface area contributed by atoms with Gasteiger partial charge in [0.15, 0.2) is 0 Å². The van der Waals surface area contributed by atoms with E-state index in [2.05, 4.69) is 58.7 Å². The third kappa shape index (κ3) is 5.31. The molecule has 1 saturated heterocycles. The quantitative estimate of drug-likeness (QED) is 0.258. The van der Waals surface area contributed by atoms with Crippen molar-refractivity contribution in [2.45, 2.75) is 50.6 Å². The van der Waals surface area contributed by atoms with Crippen LogP contribution in [0.5, 0.6) is 0 Å². The molecule has 3 aliphatic heterocycles. The first-order valence-corrected chi connectivity index (χ1v) is 15.4. The van der Waals surface area contributed by atoms with Crippen molar-refractivity contribution in [3.05, 3.63) is 107 Å². The number of amidine groups is 1. The Morgan fingerprint density at radius 2 is 1.84 bits per heavy atom. The average molecular weight is 584 g/mol. The fraction of sp³-hybridized carbons (Fsp3) is 0.400. The van der Waals surface area contributed by atoms with Gasteiger partial charge in [-0.25, -0.2) is 8.78 Å². The minimum Gasteiger partial charge on any atom is -0.381 e. The number of aromatic amines is 1. The van der Waals surface area contributed by atoms with E-state index in [0.29, 0.717) is 18.4 Å². The second-order valence-corrected chi connectivity index (χ2v) is 12.6. The topological polar surface area (TPSA) is 66.4 Å². The first-order valence-electron chi connectivity index (χ1n) is 15.4. The van der Waals surface area contributed by atoms with Crippen molar-refractivity contribution in [1.29, 1.82) is 0 Å². The number of H-pyrrole nitrogens is 1. The number of hydrogen-bond acceptors (Lipinski definition) is 4. The van der Waals surface area contributed by atoms with Crippen LogP contribution in [0.25, 0.3) is 10.9 Å². The summed E-state index contributed by atoms with van der Waals surface area (Å²) in [6.07, 6.45) is 11.0. The van der Waals surface area contributed by atoms with Gasteiger partial charge in [0.1, 0.15) is 17.5 Å². The van der Waals surface area contributed by atoms with Crippen molar-refractivity contribution in [3.63, 3.8) is 0 Å². The zero-order valence-electron chi connectivity index (χ0n) is 24.8. The van der Waals surface area contributed by atoms with E-state index >= 15 is 0 Å². The summed E-state index contributed by atoms with van der Waals surface area (Å²) in [6.45, 7) is 4.37. The standard InChI is InChI=1S/C35H39F2N5O/c1-22-3-9-28(39-34(38-20-22)23-4-6-26(36)7-5-23)18-29-19-31-30-10-8-27(37)17-32(30)40-33(31)35(41-29,24-12-15-43-16-13-24)25-11-14-42(2)21-25/h4-11,14,17,21-22,24,29,40-41H,3,12-13,15-16,18-20H2,1-2H3,(H,38,39). The molecule has 5 heterocycles. The van der Waals surface area contributed by atoms with E-state index in [9.17, 15) is 8.78 Å². The maximum atomic E-state index is 14.5. The number of nitrogens with one attached hydrogen (secondary N) is 3. The number of aromatic nitrogens is 2. The molecule has 0 bridgehead atoms. The molecular weight excluding hydrogens is 544 g/mol. The lowest BCUT2D eigenvalue weighted by Gasteiger charge is -2.48. The van der Waals surface area contributed by atoms with Crippen LogP contribution in [0.1, 0.15) is 55.0 Å². The number of ether oxygens (including phenoxy) is 1. The maximum Gasteiger partial charge on any atom is 0.132 e. The largest absolute Gasteiger partial charge is 0.381 e. The lowest BCUT2D eigenvalue weighted by atomic mass is 9.68. The van der Waals surface area contributed by atoms with E-state index in [-0.39, 0.29) is 17.7 Å². The maximum absolute atomic E-state index is 14.5. The summed E-state index contributed by atoms with van der Waals surface area (Å²) in [6, 6.07) is 14.0. The Morgan fingerprint density at radius 1 is 1.05 bits per heavy atom. The molecule has 4 aromatic rings. The number of benzene rings is 2. The predicted molar refractivity (Wildman–Crippen MR) is 166 cm³/mol. The summed E-state index contributed by atoms with van der Waals surface area (Å²) in [4.78, 5) is 8.60. The molecule has 43 heavy (non-hydrogen) atoms. The first kappa shape index (κ1) is 28.0. The first-order chi connectivity index (χ1) is 20.9. The zero-order valence-corrected chi connectivity index (χ0v) is 24.8. The number of halogens is 2. The second kappa shape index (κ2) is 11.4.